The van der Waals surface area contributed by atoms with Crippen LogP contribution in [0.25, 0.3) is 0 Å². The molecule has 0 aromatic heterocycles. The van der Waals surface area contributed by atoms with Gasteiger partial charge < -0.3 is 4.74 Å². The Morgan fingerprint density at radius 1 is 1.25 bits per heavy atom. The van der Waals surface area contributed by atoms with Gasteiger partial charge in [-0.05, 0) is 17.9 Å². The summed E-state index contributed by atoms with van der Waals surface area (Å²) in [5.41, 5.74) is 1.23. The molecule has 0 aliphatic carbocycles. The Balaban J connectivity index is 1.98. The molecule has 0 N–H and O–H groups in total. The van der Waals surface area contributed by atoms with Gasteiger partial charge in [0, 0.05) is 6.04 Å². The first-order valence-electron chi connectivity index (χ1n) is 7.34. The van der Waals surface area contributed by atoms with Gasteiger partial charge in [0.2, 0.25) is 0 Å². The van der Waals surface area contributed by atoms with E-state index in [2.05, 4.69) is 37.0 Å². The van der Waals surface area contributed by atoms with Crippen LogP contribution in [0.4, 0.5) is 0 Å². The van der Waals surface area contributed by atoms with Crippen molar-refractivity contribution in [3.8, 4) is 0 Å². The number of hydrogen-bond acceptors (Lipinski definition) is 3. The molecule has 1 aromatic rings. The molecule has 106 valence electrons. The maximum atomic E-state index is 12.1. The van der Waals surface area contributed by atoms with Gasteiger partial charge in [-0.2, -0.15) is 0 Å². The molecule has 0 spiro atoms. The molecular weight excluding hydrogens is 250 g/mol. The highest BCUT2D eigenvalue weighted by Gasteiger charge is 2.43. The Labute approximate surface area is 120 Å². The summed E-state index contributed by atoms with van der Waals surface area (Å²) < 4.78 is 5.41. The minimum atomic E-state index is -0.227. The quantitative estimate of drug-likeness (QED) is 0.612. The van der Waals surface area contributed by atoms with Gasteiger partial charge in [0.05, 0.1) is 6.04 Å². The fraction of sp³-hybridized carbons (Fsp3) is 0.471. The maximum Gasteiger partial charge on any atom is 0.327 e. The normalized spacial score (nSPS) is 30.1. The zero-order valence-electron chi connectivity index (χ0n) is 12.0. The van der Waals surface area contributed by atoms with Crippen molar-refractivity contribution in [2.45, 2.75) is 38.4 Å². The minimum Gasteiger partial charge on any atom is -0.462 e. The highest BCUT2D eigenvalue weighted by Crippen LogP contribution is 2.36. The van der Waals surface area contributed by atoms with E-state index >= 15 is 0 Å². The van der Waals surface area contributed by atoms with Gasteiger partial charge in [0.1, 0.15) is 12.6 Å². The number of cyclic esters (lactones) is 1. The fourth-order valence-corrected chi connectivity index (χ4v) is 3.29. The number of rotatable bonds is 2. The van der Waals surface area contributed by atoms with Crippen LogP contribution >= 0.6 is 0 Å². The van der Waals surface area contributed by atoms with Crippen molar-refractivity contribution in [3.05, 3.63) is 48.0 Å². The molecule has 2 aliphatic rings. The summed E-state index contributed by atoms with van der Waals surface area (Å²) in [6.45, 7) is 4.90. The van der Waals surface area contributed by atoms with E-state index in [0.717, 1.165) is 6.42 Å². The van der Waals surface area contributed by atoms with Crippen molar-refractivity contribution in [2.24, 2.45) is 5.92 Å². The SMILES string of the molecule is CC(C)[C@@H]1CC=C[C@H]2C(=O)OC[C@H](c3ccccc3)N21. The average Bonchev–Trinajstić information content (AvgIpc) is 2.48. The highest BCUT2D eigenvalue weighted by molar-refractivity contribution is 5.79. The number of carbonyl (C=O) groups excluding carboxylic acids is 1. The third-order valence-electron chi connectivity index (χ3n) is 4.34. The van der Waals surface area contributed by atoms with Crippen molar-refractivity contribution in [3.63, 3.8) is 0 Å². The summed E-state index contributed by atoms with van der Waals surface area (Å²) in [6, 6.07) is 10.7. The van der Waals surface area contributed by atoms with Crippen LogP contribution in [-0.4, -0.2) is 29.6 Å². The molecule has 3 atom stereocenters. The van der Waals surface area contributed by atoms with Gasteiger partial charge in [-0.1, -0.05) is 56.3 Å². The fourth-order valence-electron chi connectivity index (χ4n) is 3.29. The number of nitrogens with zero attached hydrogens (tertiary/aromatic N) is 1. The molecule has 1 saturated heterocycles. The van der Waals surface area contributed by atoms with Crippen LogP contribution in [0, 0.1) is 5.92 Å². The highest BCUT2D eigenvalue weighted by atomic mass is 16.5. The molecule has 2 heterocycles. The van der Waals surface area contributed by atoms with Crippen LogP contribution in [0.15, 0.2) is 42.5 Å². The predicted molar refractivity (Wildman–Crippen MR) is 78.2 cm³/mol. The van der Waals surface area contributed by atoms with E-state index in [0.29, 0.717) is 18.6 Å². The first-order chi connectivity index (χ1) is 9.68. The van der Waals surface area contributed by atoms with E-state index in [4.69, 9.17) is 4.74 Å². The van der Waals surface area contributed by atoms with Crippen LogP contribution in [0.2, 0.25) is 0 Å². The van der Waals surface area contributed by atoms with E-state index in [9.17, 15) is 4.79 Å². The Kier molecular flexibility index (Phi) is 3.62. The Morgan fingerprint density at radius 2 is 2.00 bits per heavy atom. The number of carbonyl (C=O) groups is 1. The molecule has 0 unspecified atom stereocenters. The summed E-state index contributed by atoms with van der Waals surface area (Å²) in [4.78, 5) is 14.4. The molecule has 0 amide bonds. The Bertz CT molecular complexity index is 509. The Hall–Kier alpha value is -1.61. The first-order valence-corrected chi connectivity index (χ1v) is 7.34. The number of ether oxygens (including phenoxy) is 1. The van der Waals surface area contributed by atoms with Gasteiger partial charge in [0.25, 0.3) is 0 Å². The lowest BCUT2D eigenvalue weighted by atomic mass is 9.89. The lowest BCUT2D eigenvalue weighted by Gasteiger charge is -2.47. The lowest BCUT2D eigenvalue weighted by Crippen LogP contribution is -2.56. The van der Waals surface area contributed by atoms with E-state index in [-0.39, 0.29) is 18.1 Å². The summed E-state index contributed by atoms with van der Waals surface area (Å²) in [6.07, 6.45) is 5.13. The molecule has 20 heavy (non-hydrogen) atoms. The topological polar surface area (TPSA) is 29.5 Å². The molecule has 1 fully saturated rings. The van der Waals surface area contributed by atoms with Crippen molar-refractivity contribution in [2.75, 3.05) is 6.61 Å². The van der Waals surface area contributed by atoms with E-state index in [1.54, 1.807) is 0 Å². The number of morpholine rings is 1. The van der Waals surface area contributed by atoms with Crippen molar-refractivity contribution in [1.29, 1.82) is 0 Å². The van der Waals surface area contributed by atoms with Crippen LogP contribution in [0.1, 0.15) is 31.9 Å². The maximum absolute atomic E-state index is 12.1. The summed E-state index contributed by atoms with van der Waals surface area (Å²) in [5.74, 6) is 0.401. The number of fused-ring (bicyclic) bond motifs is 1. The van der Waals surface area contributed by atoms with E-state index in [1.165, 1.54) is 5.56 Å². The molecule has 0 radical (unpaired) electrons. The summed E-state index contributed by atoms with van der Waals surface area (Å²) in [7, 11) is 0. The standard InChI is InChI=1S/C17H21NO2/c1-12(2)14-9-6-10-15-17(19)20-11-16(18(14)15)13-7-4-3-5-8-13/h3-8,10,12,14-16H,9,11H2,1-2H3/t14-,15-,16+/m0/s1. The number of hydrogen-bond donors (Lipinski definition) is 0. The molecule has 0 bridgehead atoms. The zero-order chi connectivity index (χ0) is 14.1. The van der Waals surface area contributed by atoms with E-state index in [1.807, 2.05) is 24.3 Å². The second-order valence-electron chi connectivity index (χ2n) is 5.92. The van der Waals surface area contributed by atoms with Gasteiger partial charge in [0.15, 0.2) is 0 Å². The second-order valence-corrected chi connectivity index (χ2v) is 5.92. The number of esters is 1. The first kappa shape index (κ1) is 13.4. The Morgan fingerprint density at radius 3 is 2.70 bits per heavy atom. The monoisotopic (exact) mass is 271 g/mol. The zero-order valence-corrected chi connectivity index (χ0v) is 12.0. The largest absolute Gasteiger partial charge is 0.462 e. The molecule has 3 heteroatoms. The molecular formula is C17H21NO2. The van der Waals surface area contributed by atoms with Crippen molar-refractivity contribution in [1.82, 2.24) is 4.90 Å². The summed E-state index contributed by atoms with van der Waals surface area (Å²) in [5, 5.41) is 0. The molecule has 3 rings (SSSR count). The van der Waals surface area contributed by atoms with Crippen molar-refractivity contribution < 1.29 is 9.53 Å². The molecule has 1 aromatic carbocycles. The van der Waals surface area contributed by atoms with Crippen LogP contribution in [0.3, 0.4) is 0 Å². The average molecular weight is 271 g/mol. The van der Waals surface area contributed by atoms with Crippen LogP contribution in [-0.2, 0) is 9.53 Å². The smallest absolute Gasteiger partial charge is 0.327 e. The van der Waals surface area contributed by atoms with E-state index < -0.39 is 0 Å². The number of benzene rings is 1. The minimum absolute atomic E-state index is 0.112. The van der Waals surface area contributed by atoms with Gasteiger partial charge >= 0.3 is 5.97 Å². The predicted octanol–water partition coefficient (Wildman–Crippen LogP) is 2.94. The molecule has 0 saturated carbocycles. The van der Waals surface area contributed by atoms with Crippen LogP contribution in [0.5, 0.6) is 0 Å². The lowest BCUT2D eigenvalue weighted by molar-refractivity contribution is -0.164. The van der Waals surface area contributed by atoms with Gasteiger partial charge in [-0.3, -0.25) is 4.90 Å². The third kappa shape index (κ3) is 2.27. The third-order valence-corrected chi connectivity index (χ3v) is 4.34. The second kappa shape index (κ2) is 5.41. The van der Waals surface area contributed by atoms with Gasteiger partial charge in [-0.15, -0.1) is 0 Å². The molecule has 2 aliphatic heterocycles. The van der Waals surface area contributed by atoms with Crippen molar-refractivity contribution >= 4 is 5.97 Å². The van der Waals surface area contributed by atoms with Gasteiger partial charge in [-0.25, -0.2) is 4.79 Å². The summed E-state index contributed by atoms with van der Waals surface area (Å²) >= 11 is 0. The molecule has 3 nitrogen and oxygen atoms in total. The van der Waals surface area contributed by atoms with Crippen LogP contribution < -0.4 is 0 Å².